The van der Waals surface area contributed by atoms with Gasteiger partial charge in [0, 0.05) is 6.04 Å². The predicted molar refractivity (Wildman–Crippen MR) is 81.1 cm³/mol. The second-order valence-electron chi connectivity index (χ2n) is 5.81. The summed E-state index contributed by atoms with van der Waals surface area (Å²) >= 11 is 0. The van der Waals surface area contributed by atoms with Gasteiger partial charge in [0.05, 0.1) is 11.3 Å². The lowest BCUT2D eigenvalue weighted by molar-refractivity contribution is -0.150. The number of hydrogen-bond acceptors (Lipinski definition) is 4. The average Bonchev–Trinajstić information content (AvgIpc) is 3.18. The molecule has 1 aromatic carbocycles. The molecule has 0 spiro atoms. The van der Waals surface area contributed by atoms with Crippen molar-refractivity contribution in [2.75, 3.05) is 5.32 Å². The number of benzene rings is 1. The molecule has 2 atom stereocenters. The molecule has 0 aromatic heterocycles. The van der Waals surface area contributed by atoms with E-state index in [1.807, 2.05) is 0 Å². The van der Waals surface area contributed by atoms with Crippen molar-refractivity contribution in [3.63, 3.8) is 0 Å². The number of ether oxygens (including phenoxy) is 1. The van der Waals surface area contributed by atoms with Crippen molar-refractivity contribution in [3.8, 4) is 0 Å². The largest absolute Gasteiger partial charge is 0.479 e. The number of amides is 2. The quantitative estimate of drug-likeness (QED) is 0.755. The number of rotatable bonds is 5. The molecule has 7 nitrogen and oxygen atoms in total. The van der Waals surface area contributed by atoms with E-state index < -0.39 is 24.1 Å². The van der Waals surface area contributed by atoms with Gasteiger partial charge in [0.1, 0.15) is 6.10 Å². The zero-order valence-corrected chi connectivity index (χ0v) is 12.5. The summed E-state index contributed by atoms with van der Waals surface area (Å²) in [6, 6.07) is 6.95. The van der Waals surface area contributed by atoms with E-state index in [-0.39, 0.29) is 11.9 Å². The van der Waals surface area contributed by atoms with Crippen LogP contribution in [-0.4, -0.2) is 41.1 Å². The molecular formula is C16H18N2O5. The first kappa shape index (κ1) is 15.5. The van der Waals surface area contributed by atoms with Crippen LogP contribution < -0.4 is 10.6 Å². The Labute approximate surface area is 133 Å². The lowest BCUT2D eigenvalue weighted by Gasteiger charge is -2.14. The molecule has 1 aliphatic carbocycles. The maximum atomic E-state index is 12.2. The van der Waals surface area contributed by atoms with Crippen LogP contribution in [0.3, 0.4) is 0 Å². The molecule has 1 aromatic rings. The van der Waals surface area contributed by atoms with Gasteiger partial charge in [0.25, 0.3) is 11.8 Å². The van der Waals surface area contributed by atoms with Crippen LogP contribution in [-0.2, 0) is 14.3 Å². The number of carboxylic acids is 1. The van der Waals surface area contributed by atoms with Crippen LogP contribution in [0, 0.1) is 0 Å². The molecule has 3 N–H and O–H groups in total. The molecule has 0 bridgehead atoms. The van der Waals surface area contributed by atoms with Crippen LogP contribution >= 0.6 is 0 Å². The number of hydrogen-bond donors (Lipinski definition) is 3. The fourth-order valence-corrected chi connectivity index (χ4v) is 2.51. The Kier molecular flexibility index (Phi) is 4.29. The van der Waals surface area contributed by atoms with Crippen LogP contribution in [0.25, 0.3) is 0 Å². The van der Waals surface area contributed by atoms with Gasteiger partial charge in [-0.2, -0.15) is 0 Å². The van der Waals surface area contributed by atoms with Gasteiger partial charge in [-0.3, -0.25) is 9.59 Å². The molecule has 1 aliphatic heterocycles. The van der Waals surface area contributed by atoms with E-state index in [1.165, 1.54) is 0 Å². The van der Waals surface area contributed by atoms with Crippen molar-refractivity contribution in [1.29, 1.82) is 0 Å². The summed E-state index contributed by atoms with van der Waals surface area (Å²) in [5.74, 6) is -1.72. The lowest BCUT2D eigenvalue weighted by atomic mass is 10.1. The highest BCUT2D eigenvalue weighted by Gasteiger charge is 2.35. The van der Waals surface area contributed by atoms with Crippen LogP contribution in [0.4, 0.5) is 5.69 Å². The van der Waals surface area contributed by atoms with E-state index in [9.17, 15) is 14.4 Å². The van der Waals surface area contributed by atoms with E-state index in [0.717, 1.165) is 12.8 Å². The first-order chi connectivity index (χ1) is 11.0. The number of carbonyl (C=O) groups excluding carboxylic acids is 2. The van der Waals surface area contributed by atoms with Gasteiger partial charge >= 0.3 is 5.97 Å². The summed E-state index contributed by atoms with van der Waals surface area (Å²) in [5.41, 5.74) is 0.790. The van der Waals surface area contributed by atoms with E-state index in [0.29, 0.717) is 24.1 Å². The Morgan fingerprint density at radius 1 is 1.04 bits per heavy atom. The molecule has 1 saturated heterocycles. The number of carboxylic acid groups (broad SMARTS) is 1. The normalized spacial score (nSPS) is 23.3. The maximum Gasteiger partial charge on any atom is 0.332 e. The van der Waals surface area contributed by atoms with E-state index in [2.05, 4.69) is 10.6 Å². The van der Waals surface area contributed by atoms with Crippen molar-refractivity contribution >= 4 is 23.5 Å². The molecule has 0 radical (unpaired) electrons. The highest BCUT2D eigenvalue weighted by atomic mass is 16.5. The Morgan fingerprint density at radius 2 is 1.74 bits per heavy atom. The first-order valence-corrected chi connectivity index (χ1v) is 7.63. The first-order valence-electron chi connectivity index (χ1n) is 7.63. The highest BCUT2D eigenvalue weighted by molar-refractivity contribution is 6.04. The second-order valence-corrected chi connectivity index (χ2v) is 5.81. The number of para-hydroxylation sites is 1. The molecule has 23 heavy (non-hydrogen) atoms. The van der Waals surface area contributed by atoms with Gasteiger partial charge in [-0.05, 0) is 37.8 Å². The second kappa shape index (κ2) is 6.37. The lowest BCUT2D eigenvalue weighted by Crippen LogP contribution is -2.31. The van der Waals surface area contributed by atoms with E-state index >= 15 is 0 Å². The van der Waals surface area contributed by atoms with Crippen molar-refractivity contribution < 1.29 is 24.2 Å². The maximum absolute atomic E-state index is 12.2. The minimum Gasteiger partial charge on any atom is -0.479 e. The van der Waals surface area contributed by atoms with Gasteiger partial charge in [-0.15, -0.1) is 0 Å². The Bertz CT molecular complexity index is 641. The van der Waals surface area contributed by atoms with Crippen molar-refractivity contribution in [1.82, 2.24) is 5.32 Å². The summed E-state index contributed by atoms with van der Waals surface area (Å²) in [6.45, 7) is 0. The summed E-state index contributed by atoms with van der Waals surface area (Å²) in [5, 5.41) is 14.4. The minimum atomic E-state index is -1.07. The van der Waals surface area contributed by atoms with Crippen molar-refractivity contribution in [2.45, 2.75) is 43.9 Å². The Morgan fingerprint density at radius 3 is 2.39 bits per heavy atom. The third-order valence-corrected chi connectivity index (χ3v) is 3.93. The van der Waals surface area contributed by atoms with Gasteiger partial charge in [-0.1, -0.05) is 12.1 Å². The third kappa shape index (κ3) is 3.68. The third-order valence-electron chi connectivity index (χ3n) is 3.93. The Hall–Kier alpha value is -2.41. The molecule has 2 amide bonds. The standard InChI is InChI=1S/C16H18N2O5/c19-14(17-9-5-6-9)10-3-1-2-4-11(10)18-15(20)12-7-8-13(23-12)16(21)22/h1-4,9,12-13H,5-8H2,(H,17,19)(H,18,20)(H,21,22)/t12-,13+/m0/s1. The topological polar surface area (TPSA) is 105 Å². The van der Waals surface area contributed by atoms with Crippen LogP contribution in [0.5, 0.6) is 0 Å². The van der Waals surface area contributed by atoms with Crippen molar-refractivity contribution in [2.24, 2.45) is 0 Å². The predicted octanol–water partition coefficient (Wildman–Crippen LogP) is 1.15. The molecule has 1 heterocycles. The molecule has 0 unspecified atom stereocenters. The average molecular weight is 318 g/mol. The SMILES string of the molecule is O=C(NC1CC1)c1ccccc1NC(=O)[C@@H]1CC[C@H](C(=O)O)O1. The monoisotopic (exact) mass is 318 g/mol. The number of anilines is 1. The highest BCUT2D eigenvalue weighted by Crippen LogP contribution is 2.24. The smallest absolute Gasteiger partial charge is 0.332 e. The van der Waals surface area contributed by atoms with Gasteiger partial charge in [0.15, 0.2) is 6.10 Å². The van der Waals surface area contributed by atoms with Crippen molar-refractivity contribution in [3.05, 3.63) is 29.8 Å². The molecular weight excluding hydrogens is 300 g/mol. The Balaban J connectivity index is 1.66. The molecule has 2 fully saturated rings. The number of nitrogens with one attached hydrogen (secondary N) is 2. The number of aliphatic carboxylic acids is 1. The molecule has 7 heteroatoms. The van der Waals surface area contributed by atoms with Crippen LogP contribution in [0.1, 0.15) is 36.0 Å². The summed E-state index contributed by atoms with van der Waals surface area (Å²) in [4.78, 5) is 35.3. The van der Waals surface area contributed by atoms with Crippen LogP contribution in [0.15, 0.2) is 24.3 Å². The van der Waals surface area contributed by atoms with E-state index in [4.69, 9.17) is 9.84 Å². The molecule has 122 valence electrons. The fraction of sp³-hybridized carbons (Fsp3) is 0.438. The zero-order valence-electron chi connectivity index (χ0n) is 12.5. The molecule has 3 rings (SSSR count). The van der Waals surface area contributed by atoms with Gasteiger partial charge in [-0.25, -0.2) is 4.79 Å². The van der Waals surface area contributed by atoms with Crippen LogP contribution in [0.2, 0.25) is 0 Å². The minimum absolute atomic E-state index is 0.223. The summed E-state index contributed by atoms with van der Waals surface area (Å²) in [6.07, 6.45) is 0.852. The van der Waals surface area contributed by atoms with Gasteiger partial charge in [0.2, 0.25) is 0 Å². The summed E-state index contributed by atoms with van der Waals surface area (Å²) < 4.78 is 5.22. The van der Waals surface area contributed by atoms with Gasteiger partial charge < -0.3 is 20.5 Å². The fourth-order valence-electron chi connectivity index (χ4n) is 2.51. The summed E-state index contributed by atoms with van der Waals surface area (Å²) in [7, 11) is 0. The molecule has 2 aliphatic rings. The number of carbonyl (C=O) groups is 3. The zero-order chi connectivity index (χ0) is 16.4. The van der Waals surface area contributed by atoms with E-state index in [1.54, 1.807) is 24.3 Å². The molecule has 1 saturated carbocycles.